The molecule has 0 bridgehead atoms. The Morgan fingerprint density at radius 1 is 1.32 bits per heavy atom. The predicted molar refractivity (Wildman–Crippen MR) is 79.7 cm³/mol. The van der Waals surface area contributed by atoms with Crippen molar-refractivity contribution in [1.82, 2.24) is 4.98 Å². The minimum Gasteiger partial charge on any atom is -0.377 e. The standard InChI is InChI=1S/C16H17ClN2/c1-11-9-13(10-18-16(11)17)19-15-8-4-6-12-5-2-3-7-14(12)15/h2-3,5,7,9-10,15,19H,4,6,8H2,1H3. The van der Waals surface area contributed by atoms with Gasteiger partial charge in [0.1, 0.15) is 5.15 Å². The van der Waals surface area contributed by atoms with E-state index < -0.39 is 0 Å². The van der Waals surface area contributed by atoms with Gasteiger partial charge in [0.15, 0.2) is 0 Å². The quantitative estimate of drug-likeness (QED) is 0.813. The second-order valence-corrected chi connectivity index (χ2v) is 5.48. The molecule has 1 N–H and O–H groups in total. The third-order valence-corrected chi connectivity index (χ3v) is 4.12. The monoisotopic (exact) mass is 272 g/mol. The van der Waals surface area contributed by atoms with Gasteiger partial charge in [-0.15, -0.1) is 0 Å². The van der Waals surface area contributed by atoms with E-state index in [0.717, 1.165) is 11.3 Å². The van der Waals surface area contributed by atoms with Crippen molar-refractivity contribution in [3.63, 3.8) is 0 Å². The van der Waals surface area contributed by atoms with Gasteiger partial charge in [-0.25, -0.2) is 4.98 Å². The van der Waals surface area contributed by atoms with Gasteiger partial charge in [-0.2, -0.15) is 0 Å². The molecule has 2 nitrogen and oxygen atoms in total. The lowest BCUT2D eigenvalue weighted by molar-refractivity contribution is 0.600. The van der Waals surface area contributed by atoms with Gasteiger partial charge in [-0.05, 0) is 48.9 Å². The molecule has 2 aromatic rings. The molecule has 0 saturated carbocycles. The summed E-state index contributed by atoms with van der Waals surface area (Å²) in [5.41, 5.74) is 4.94. The first-order valence-corrected chi connectivity index (χ1v) is 7.08. The third kappa shape index (κ3) is 2.59. The second-order valence-electron chi connectivity index (χ2n) is 5.12. The van der Waals surface area contributed by atoms with Gasteiger partial charge in [0.2, 0.25) is 0 Å². The maximum atomic E-state index is 5.97. The Kier molecular flexibility index (Phi) is 3.43. The van der Waals surface area contributed by atoms with Crippen LogP contribution in [0.5, 0.6) is 0 Å². The predicted octanol–water partition coefficient (Wildman–Crippen LogP) is 4.53. The molecule has 1 unspecified atom stereocenters. The first kappa shape index (κ1) is 12.5. The van der Waals surface area contributed by atoms with E-state index in [1.807, 2.05) is 13.1 Å². The van der Waals surface area contributed by atoms with Crippen LogP contribution in [0.15, 0.2) is 36.5 Å². The van der Waals surface area contributed by atoms with Crippen LogP contribution >= 0.6 is 11.6 Å². The fourth-order valence-electron chi connectivity index (χ4n) is 2.74. The highest BCUT2D eigenvalue weighted by atomic mass is 35.5. The van der Waals surface area contributed by atoms with Crippen molar-refractivity contribution in [1.29, 1.82) is 0 Å². The Labute approximate surface area is 118 Å². The number of halogens is 1. The van der Waals surface area contributed by atoms with E-state index in [1.54, 1.807) is 0 Å². The minimum atomic E-state index is 0.382. The van der Waals surface area contributed by atoms with Gasteiger partial charge in [0, 0.05) is 0 Å². The molecule has 1 heterocycles. The highest BCUT2D eigenvalue weighted by Gasteiger charge is 2.19. The number of rotatable bonds is 2. The van der Waals surface area contributed by atoms with Crippen LogP contribution in [0.3, 0.4) is 0 Å². The zero-order valence-corrected chi connectivity index (χ0v) is 11.7. The SMILES string of the molecule is Cc1cc(NC2CCCc3ccccc32)cnc1Cl. The van der Waals surface area contributed by atoms with Crippen LogP contribution in [0, 0.1) is 6.92 Å². The van der Waals surface area contributed by atoms with Crippen molar-refractivity contribution >= 4 is 17.3 Å². The summed E-state index contributed by atoms with van der Waals surface area (Å²) in [6, 6.07) is 11.1. The molecule has 0 fully saturated rings. The van der Waals surface area contributed by atoms with Crippen LogP contribution in [0.4, 0.5) is 5.69 Å². The summed E-state index contributed by atoms with van der Waals surface area (Å²) >= 11 is 5.97. The zero-order valence-electron chi connectivity index (χ0n) is 11.0. The normalized spacial score (nSPS) is 17.9. The Balaban J connectivity index is 1.86. The number of nitrogens with zero attached hydrogens (tertiary/aromatic N) is 1. The van der Waals surface area contributed by atoms with E-state index in [-0.39, 0.29) is 0 Å². The van der Waals surface area contributed by atoms with Gasteiger partial charge in [0.05, 0.1) is 17.9 Å². The lowest BCUT2D eigenvalue weighted by Gasteiger charge is -2.27. The number of anilines is 1. The van der Waals surface area contributed by atoms with Crippen molar-refractivity contribution in [2.45, 2.75) is 32.2 Å². The fourth-order valence-corrected chi connectivity index (χ4v) is 2.85. The highest BCUT2D eigenvalue weighted by molar-refractivity contribution is 6.30. The summed E-state index contributed by atoms with van der Waals surface area (Å²) in [5.74, 6) is 0. The van der Waals surface area contributed by atoms with Crippen molar-refractivity contribution in [3.8, 4) is 0 Å². The first-order chi connectivity index (χ1) is 9.24. The van der Waals surface area contributed by atoms with Gasteiger partial charge >= 0.3 is 0 Å². The number of hydrogen-bond acceptors (Lipinski definition) is 2. The number of pyridine rings is 1. The van der Waals surface area contributed by atoms with E-state index in [1.165, 1.54) is 30.4 Å². The molecule has 0 saturated heterocycles. The molecule has 1 atom stereocenters. The van der Waals surface area contributed by atoms with E-state index in [9.17, 15) is 0 Å². The maximum absolute atomic E-state index is 5.97. The number of aromatic nitrogens is 1. The molecular formula is C16H17ClN2. The molecule has 1 aliphatic carbocycles. The van der Waals surface area contributed by atoms with Gasteiger partial charge in [-0.1, -0.05) is 35.9 Å². The van der Waals surface area contributed by atoms with Crippen LogP contribution in [0.25, 0.3) is 0 Å². The van der Waals surface area contributed by atoms with Crippen LogP contribution in [0.2, 0.25) is 5.15 Å². The zero-order chi connectivity index (χ0) is 13.2. The molecule has 0 amide bonds. The number of aryl methyl sites for hydroxylation is 2. The summed E-state index contributed by atoms with van der Waals surface area (Å²) in [5, 5.41) is 4.16. The van der Waals surface area contributed by atoms with E-state index in [2.05, 4.69) is 40.6 Å². The molecule has 1 aromatic heterocycles. The van der Waals surface area contributed by atoms with Crippen LogP contribution in [0.1, 0.15) is 35.6 Å². The number of nitrogens with one attached hydrogen (secondary N) is 1. The topological polar surface area (TPSA) is 24.9 Å². The van der Waals surface area contributed by atoms with Crippen molar-refractivity contribution < 1.29 is 0 Å². The molecular weight excluding hydrogens is 256 g/mol. The number of benzene rings is 1. The number of fused-ring (bicyclic) bond motifs is 1. The molecule has 1 aliphatic rings. The van der Waals surface area contributed by atoms with E-state index >= 15 is 0 Å². The summed E-state index contributed by atoms with van der Waals surface area (Å²) < 4.78 is 0. The van der Waals surface area contributed by atoms with Crippen molar-refractivity contribution in [3.05, 3.63) is 58.4 Å². The summed E-state index contributed by atoms with van der Waals surface area (Å²) in [6.45, 7) is 1.98. The molecule has 19 heavy (non-hydrogen) atoms. The molecule has 3 heteroatoms. The van der Waals surface area contributed by atoms with Crippen molar-refractivity contribution in [2.24, 2.45) is 0 Å². The average Bonchev–Trinajstić information content (AvgIpc) is 2.43. The minimum absolute atomic E-state index is 0.382. The Morgan fingerprint density at radius 2 is 2.16 bits per heavy atom. The third-order valence-electron chi connectivity index (χ3n) is 3.72. The highest BCUT2D eigenvalue weighted by Crippen LogP contribution is 2.32. The summed E-state index contributed by atoms with van der Waals surface area (Å²) in [7, 11) is 0. The van der Waals surface area contributed by atoms with Gasteiger partial charge in [0.25, 0.3) is 0 Å². The smallest absolute Gasteiger partial charge is 0.132 e. The van der Waals surface area contributed by atoms with Crippen LogP contribution in [-0.2, 0) is 6.42 Å². The molecule has 0 radical (unpaired) electrons. The Morgan fingerprint density at radius 3 is 3.00 bits per heavy atom. The molecule has 3 rings (SSSR count). The summed E-state index contributed by atoms with van der Waals surface area (Å²) in [6.07, 6.45) is 5.40. The van der Waals surface area contributed by atoms with Crippen molar-refractivity contribution in [2.75, 3.05) is 5.32 Å². The number of hydrogen-bond donors (Lipinski definition) is 1. The lowest BCUT2D eigenvalue weighted by atomic mass is 9.87. The summed E-state index contributed by atoms with van der Waals surface area (Å²) in [4.78, 5) is 4.20. The maximum Gasteiger partial charge on any atom is 0.132 e. The second kappa shape index (κ2) is 5.22. The molecule has 1 aromatic carbocycles. The largest absolute Gasteiger partial charge is 0.377 e. The Hall–Kier alpha value is -1.54. The lowest BCUT2D eigenvalue weighted by Crippen LogP contribution is -2.17. The first-order valence-electron chi connectivity index (χ1n) is 6.70. The van der Waals surface area contributed by atoms with Gasteiger partial charge in [-0.3, -0.25) is 0 Å². The molecule has 0 aliphatic heterocycles. The van der Waals surface area contributed by atoms with Crippen LogP contribution < -0.4 is 5.32 Å². The Bertz CT molecular complexity index is 595. The average molecular weight is 273 g/mol. The molecule has 98 valence electrons. The van der Waals surface area contributed by atoms with Crippen LogP contribution in [-0.4, -0.2) is 4.98 Å². The fraction of sp³-hybridized carbons (Fsp3) is 0.312. The van der Waals surface area contributed by atoms with Gasteiger partial charge < -0.3 is 5.32 Å². The van der Waals surface area contributed by atoms with E-state index in [4.69, 9.17) is 11.6 Å². The molecule has 0 spiro atoms. The van der Waals surface area contributed by atoms with E-state index in [0.29, 0.717) is 11.2 Å².